The van der Waals surface area contributed by atoms with Crippen LogP contribution < -0.4 is 23.9 Å². The first-order chi connectivity index (χ1) is 17.7. The summed E-state index contributed by atoms with van der Waals surface area (Å²) < 4.78 is 57.8. The molecule has 0 spiro atoms. The number of methoxy groups -OCH3 is 1. The Hall–Kier alpha value is -3.84. The van der Waals surface area contributed by atoms with Crippen molar-refractivity contribution in [3.63, 3.8) is 0 Å². The van der Waals surface area contributed by atoms with Gasteiger partial charge in [-0.1, -0.05) is 0 Å². The monoisotopic (exact) mass is 593 g/mol. The summed E-state index contributed by atoms with van der Waals surface area (Å²) >= 11 is 3.19. The molecule has 0 bridgehead atoms. The zero-order valence-electron chi connectivity index (χ0n) is 19.4. The molecule has 2 N–H and O–H groups in total. The van der Waals surface area contributed by atoms with Crippen molar-refractivity contribution in [2.75, 3.05) is 31.2 Å². The molecule has 10 nitrogen and oxygen atoms in total. The van der Waals surface area contributed by atoms with Gasteiger partial charge in [-0.05, 0) is 70.0 Å². The second-order valence-electron chi connectivity index (χ2n) is 7.64. The number of hydrazone groups is 1. The fraction of sp³-hybridized carbons (Fsp3) is 0.167. The van der Waals surface area contributed by atoms with Crippen LogP contribution in [0.5, 0.6) is 23.0 Å². The Kier molecular flexibility index (Phi) is 7.83. The van der Waals surface area contributed by atoms with Crippen LogP contribution in [0.3, 0.4) is 0 Å². The predicted molar refractivity (Wildman–Crippen MR) is 136 cm³/mol. The van der Waals surface area contributed by atoms with Crippen molar-refractivity contribution in [2.45, 2.75) is 4.90 Å². The van der Waals surface area contributed by atoms with Gasteiger partial charge in [0.25, 0.3) is 15.9 Å². The average Bonchev–Trinajstić information content (AvgIpc) is 2.89. The Bertz CT molecular complexity index is 1450. The summed E-state index contributed by atoms with van der Waals surface area (Å²) in [7, 11) is -2.89. The van der Waals surface area contributed by atoms with E-state index in [2.05, 4.69) is 26.5 Å². The number of aromatic hydroxyl groups is 1. The lowest BCUT2D eigenvalue weighted by atomic mass is 10.2. The second-order valence-corrected chi connectivity index (χ2v) is 10.4. The molecule has 0 atom stereocenters. The molecule has 1 aliphatic heterocycles. The van der Waals surface area contributed by atoms with E-state index in [4.69, 9.17) is 14.2 Å². The summed E-state index contributed by atoms with van der Waals surface area (Å²) in [5.41, 5.74) is 2.83. The molecule has 0 aliphatic carbocycles. The number of rotatable bonds is 8. The molecule has 0 radical (unpaired) electrons. The number of hydrogen-bond acceptors (Lipinski definition) is 8. The van der Waals surface area contributed by atoms with Crippen molar-refractivity contribution in [3.05, 3.63) is 70.5 Å². The topological polar surface area (TPSA) is 127 Å². The third-order valence-electron chi connectivity index (χ3n) is 5.18. The minimum atomic E-state index is -4.28. The van der Waals surface area contributed by atoms with Crippen LogP contribution in [0.25, 0.3) is 0 Å². The largest absolute Gasteiger partial charge is 0.503 e. The van der Waals surface area contributed by atoms with Crippen LogP contribution in [-0.4, -0.2) is 52.5 Å². The van der Waals surface area contributed by atoms with Gasteiger partial charge in [0.2, 0.25) is 0 Å². The third-order valence-corrected chi connectivity index (χ3v) is 7.55. The molecule has 13 heteroatoms. The van der Waals surface area contributed by atoms with E-state index in [9.17, 15) is 22.7 Å². The molecule has 0 aromatic heterocycles. The van der Waals surface area contributed by atoms with Crippen LogP contribution >= 0.6 is 15.9 Å². The van der Waals surface area contributed by atoms with Crippen molar-refractivity contribution in [1.29, 1.82) is 0 Å². The van der Waals surface area contributed by atoms with Crippen LogP contribution in [-0.2, 0) is 14.8 Å². The summed E-state index contributed by atoms with van der Waals surface area (Å²) in [5, 5.41) is 13.8. The molecule has 3 aromatic carbocycles. The number of halogens is 2. The summed E-state index contributed by atoms with van der Waals surface area (Å²) in [6.45, 7) is -0.0419. The molecule has 1 amide bonds. The molecule has 1 heterocycles. The van der Waals surface area contributed by atoms with Crippen molar-refractivity contribution < 1.29 is 36.9 Å². The molecule has 194 valence electrons. The Balaban J connectivity index is 1.58. The number of nitrogens with one attached hydrogen (secondary N) is 1. The Morgan fingerprint density at radius 3 is 2.57 bits per heavy atom. The lowest BCUT2D eigenvalue weighted by Crippen LogP contribution is -2.39. The Morgan fingerprint density at radius 1 is 1.16 bits per heavy atom. The summed E-state index contributed by atoms with van der Waals surface area (Å²) in [6, 6.07) is 11.8. The van der Waals surface area contributed by atoms with Gasteiger partial charge in [-0.25, -0.2) is 18.2 Å². The molecule has 4 rings (SSSR count). The number of amides is 1. The summed E-state index contributed by atoms with van der Waals surface area (Å²) in [6.07, 6.45) is 1.29. The van der Waals surface area contributed by atoms with Gasteiger partial charge in [0, 0.05) is 6.07 Å². The van der Waals surface area contributed by atoms with Crippen molar-refractivity contribution >= 4 is 43.8 Å². The van der Waals surface area contributed by atoms with Crippen molar-refractivity contribution in [3.8, 4) is 23.0 Å². The van der Waals surface area contributed by atoms with Gasteiger partial charge in [-0.3, -0.25) is 9.10 Å². The molecule has 0 saturated carbocycles. The van der Waals surface area contributed by atoms with Crippen LogP contribution in [0.1, 0.15) is 5.56 Å². The van der Waals surface area contributed by atoms with Gasteiger partial charge < -0.3 is 19.3 Å². The van der Waals surface area contributed by atoms with Crippen LogP contribution in [0.15, 0.2) is 69.1 Å². The zero-order chi connectivity index (χ0) is 26.6. The van der Waals surface area contributed by atoms with Crippen molar-refractivity contribution in [2.24, 2.45) is 5.10 Å². The van der Waals surface area contributed by atoms with E-state index in [1.54, 1.807) is 6.07 Å². The van der Waals surface area contributed by atoms with E-state index in [1.807, 2.05) is 0 Å². The van der Waals surface area contributed by atoms with Crippen LogP contribution in [0.2, 0.25) is 0 Å². The molecule has 0 unspecified atom stereocenters. The highest BCUT2D eigenvalue weighted by Crippen LogP contribution is 2.35. The molecule has 37 heavy (non-hydrogen) atoms. The Labute approximate surface area is 220 Å². The number of nitrogens with zero attached hydrogens (tertiary/aromatic N) is 2. The van der Waals surface area contributed by atoms with E-state index in [0.29, 0.717) is 22.4 Å². The highest BCUT2D eigenvalue weighted by molar-refractivity contribution is 9.10. The van der Waals surface area contributed by atoms with Crippen LogP contribution in [0.4, 0.5) is 10.1 Å². The first kappa shape index (κ1) is 26.2. The smallest absolute Gasteiger partial charge is 0.264 e. The van der Waals surface area contributed by atoms with Gasteiger partial charge in [-0.15, -0.1) is 0 Å². The highest BCUT2D eigenvalue weighted by Gasteiger charge is 2.29. The number of sulfonamides is 1. The molecule has 3 aromatic rings. The number of phenolic OH excluding ortho intramolecular Hbond substituents is 1. The SMILES string of the molecule is COc1cc(/C=N\NC(=O)CN(c2ccc(F)cc2)S(=O)(=O)c2ccc3c(c2)OCCO3)cc(Br)c1O. The number of carbonyl (C=O) groups is 1. The number of phenols is 1. The maximum atomic E-state index is 13.5. The minimum Gasteiger partial charge on any atom is -0.503 e. The van der Waals surface area contributed by atoms with Gasteiger partial charge in [0.15, 0.2) is 23.0 Å². The maximum Gasteiger partial charge on any atom is 0.264 e. The van der Waals surface area contributed by atoms with Crippen LogP contribution in [0, 0.1) is 5.82 Å². The molecular weight excluding hydrogens is 573 g/mol. The zero-order valence-corrected chi connectivity index (χ0v) is 21.8. The fourth-order valence-corrected chi connectivity index (χ4v) is 5.30. The first-order valence-electron chi connectivity index (χ1n) is 10.8. The second kappa shape index (κ2) is 11.0. The molecule has 0 fully saturated rings. The van der Waals surface area contributed by atoms with Gasteiger partial charge in [0.05, 0.1) is 28.4 Å². The van der Waals surface area contributed by atoms with Gasteiger partial charge >= 0.3 is 0 Å². The number of fused-ring (bicyclic) bond motifs is 1. The maximum absolute atomic E-state index is 13.5. The fourth-order valence-electron chi connectivity index (χ4n) is 3.40. The van der Waals surface area contributed by atoms with E-state index >= 15 is 0 Å². The predicted octanol–water partition coefficient (Wildman–Crippen LogP) is 3.42. The number of benzene rings is 3. The standard InChI is InChI=1S/C24H21BrFN3O7S/c1-34-22-11-15(10-19(25)24(22)31)13-27-28-23(30)14-29(17-4-2-16(26)3-5-17)37(32,33)18-6-7-20-21(12-18)36-9-8-35-20/h2-7,10-13,31H,8-9,14H2,1H3,(H,28,30)/b27-13-. The lowest BCUT2D eigenvalue weighted by Gasteiger charge is -2.25. The third kappa shape index (κ3) is 5.94. The molecular formula is C24H21BrFN3O7S. The Morgan fingerprint density at radius 2 is 1.86 bits per heavy atom. The van der Waals surface area contributed by atoms with E-state index in [1.165, 1.54) is 49.7 Å². The highest BCUT2D eigenvalue weighted by atomic mass is 79.9. The number of carbonyl (C=O) groups excluding carboxylic acids is 1. The van der Waals surface area contributed by atoms with Gasteiger partial charge in [-0.2, -0.15) is 5.10 Å². The minimum absolute atomic E-state index is 0.0719. The first-order valence-corrected chi connectivity index (χ1v) is 13.0. The summed E-state index contributed by atoms with van der Waals surface area (Å²) in [5.74, 6) is -0.561. The molecule has 0 saturated heterocycles. The summed E-state index contributed by atoms with van der Waals surface area (Å²) in [4.78, 5) is 12.6. The normalized spacial score (nSPS) is 12.8. The van der Waals surface area contributed by atoms with E-state index in [0.717, 1.165) is 16.4 Å². The quantitative estimate of drug-likeness (QED) is 0.302. The number of anilines is 1. The van der Waals surface area contributed by atoms with E-state index < -0.39 is 28.3 Å². The van der Waals surface area contributed by atoms with E-state index in [-0.39, 0.29) is 34.4 Å². The molecule has 1 aliphatic rings. The van der Waals surface area contributed by atoms with Gasteiger partial charge in [0.1, 0.15) is 25.6 Å². The average molecular weight is 594 g/mol. The number of hydrogen-bond donors (Lipinski definition) is 2. The van der Waals surface area contributed by atoms with Crippen molar-refractivity contribution in [1.82, 2.24) is 5.43 Å². The number of ether oxygens (including phenoxy) is 3. The lowest BCUT2D eigenvalue weighted by molar-refractivity contribution is -0.119.